The van der Waals surface area contributed by atoms with Gasteiger partial charge >= 0.3 is 0 Å². The first-order chi connectivity index (χ1) is 8.77. The highest BCUT2D eigenvalue weighted by Gasteiger charge is 2.13. The van der Waals surface area contributed by atoms with Crippen LogP contribution in [0.25, 0.3) is 16.7 Å². The number of nitrogens with two attached hydrogens (primary N) is 1. The van der Waals surface area contributed by atoms with Gasteiger partial charge in [-0.25, -0.2) is 14.6 Å². The molecule has 0 aliphatic rings. The molecule has 88 valence electrons. The number of benzene rings is 1. The van der Waals surface area contributed by atoms with Gasteiger partial charge in [-0.15, -0.1) is 0 Å². The van der Waals surface area contributed by atoms with E-state index >= 15 is 0 Å². The first-order valence-electron chi connectivity index (χ1n) is 5.31. The number of hydrogen-bond donors (Lipinski definition) is 1. The third-order valence-electron chi connectivity index (χ3n) is 2.60. The van der Waals surface area contributed by atoms with E-state index in [9.17, 15) is 4.79 Å². The van der Waals surface area contributed by atoms with Crippen molar-refractivity contribution in [2.45, 2.75) is 0 Å². The van der Waals surface area contributed by atoms with Crippen molar-refractivity contribution in [2.75, 3.05) is 0 Å². The molecule has 1 aromatic carbocycles. The van der Waals surface area contributed by atoms with E-state index in [1.54, 1.807) is 10.9 Å². The summed E-state index contributed by atoms with van der Waals surface area (Å²) < 4.78 is 1.64. The van der Waals surface area contributed by atoms with Gasteiger partial charge in [0.2, 0.25) is 0 Å². The molecule has 0 spiro atoms. The predicted octanol–water partition coefficient (Wildman–Crippen LogP) is 0.914. The molecular weight excluding hydrogens is 230 g/mol. The fourth-order valence-corrected chi connectivity index (χ4v) is 1.80. The number of primary amides is 1. The number of carbonyl (C=O) groups excluding carboxylic acids is 1. The second-order valence-corrected chi connectivity index (χ2v) is 3.72. The molecular formula is C12H9N5O. The molecule has 0 fully saturated rings. The van der Waals surface area contributed by atoms with Crippen LogP contribution in [0.5, 0.6) is 0 Å². The van der Waals surface area contributed by atoms with Crippen LogP contribution in [0, 0.1) is 0 Å². The van der Waals surface area contributed by atoms with E-state index in [1.807, 2.05) is 30.3 Å². The van der Waals surface area contributed by atoms with Crippen LogP contribution in [0.1, 0.15) is 10.5 Å². The number of carbonyl (C=O) groups is 1. The van der Waals surface area contributed by atoms with E-state index < -0.39 is 5.91 Å². The van der Waals surface area contributed by atoms with Crippen LogP contribution in [-0.4, -0.2) is 25.7 Å². The molecule has 2 N–H and O–H groups in total. The summed E-state index contributed by atoms with van der Waals surface area (Å²) >= 11 is 0. The zero-order valence-corrected chi connectivity index (χ0v) is 9.32. The van der Waals surface area contributed by atoms with Crippen molar-refractivity contribution in [1.29, 1.82) is 0 Å². The number of aromatic nitrogens is 4. The van der Waals surface area contributed by atoms with E-state index in [2.05, 4.69) is 15.1 Å². The standard InChI is InChI=1S/C12H9N5O/c13-11(18)10-9-6-16-17(12(9)15-7-14-10)8-4-2-1-3-5-8/h1-7H,(H2,13,18). The molecule has 0 aliphatic carbocycles. The average molecular weight is 239 g/mol. The lowest BCUT2D eigenvalue weighted by Crippen LogP contribution is -2.13. The Bertz CT molecular complexity index is 720. The smallest absolute Gasteiger partial charge is 0.268 e. The summed E-state index contributed by atoms with van der Waals surface area (Å²) in [4.78, 5) is 19.3. The summed E-state index contributed by atoms with van der Waals surface area (Å²) in [7, 11) is 0. The van der Waals surface area contributed by atoms with Crippen molar-refractivity contribution >= 4 is 16.9 Å². The zero-order chi connectivity index (χ0) is 12.5. The van der Waals surface area contributed by atoms with Crippen molar-refractivity contribution in [2.24, 2.45) is 5.73 Å². The summed E-state index contributed by atoms with van der Waals surface area (Å²) in [5.74, 6) is -0.588. The van der Waals surface area contributed by atoms with Crippen molar-refractivity contribution < 1.29 is 4.79 Å². The van der Waals surface area contributed by atoms with Crippen LogP contribution in [0.2, 0.25) is 0 Å². The van der Waals surface area contributed by atoms with Gasteiger partial charge in [0.05, 0.1) is 17.3 Å². The second-order valence-electron chi connectivity index (χ2n) is 3.72. The van der Waals surface area contributed by atoms with Crippen LogP contribution in [0.15, 0.2) is 42.9 Å². The zero-order valence-electron chi connectivity index (χ0n) is 9.32. The molecule has 3 rings (SSSR count). The molecule has 2 heterocycles. The summed E-state index contributed by atoms with van der Waals surface area (Å²) in [6, 6.07) is 9.52. The highest BCUT2D eigenvalue weighted by atomic mass is 16.1. The Morgan fingerprint density at radius 1 is 1.17 bits per heavy atom. The fourth-order valence-electron chi connectivity index (χ4n) is 1.80. The molecule has 6 nitrogen and oxygen atoms in total. The summed E-state index contributed by atoms with van der Waals surface area (Å²) in [5.41, 5.74) is 6.87. The van der Waals surface area contributed by atoms with Gasteiger partial charge in [-0.05, 0) is 12.1 Å². The van der Waals surface area contributed by atoms with Crippen LogP contribution in [0.3, 0.4) is 0 Å². The van der Waals surface area contributed by atoms with Gasteiger partial charge in [0, 0.05) is 0 Å². The highest BCUT2D eigenvalue weighted by Crippen LogP contribution is 2.17. The number of hydrogen-bond acceptors (Lipinski definition) is 4. The lowest BCUT2D eigenvalue weighted by Gasteiger charge is -2.02. The van der Waals surface area contributed by atoms with Crippen molar-refractivity contribution in [1.82, 2.24) is 19.7 Å². The third-order valence-corrected chi connectivity index (χ3v) is 2.60. The SMILES string of the molecule is NC(=O)c1ncnc2c1cnn2-c1ccccc1. The fraction of sp³-hybridized carbons (Fsp3) is 0. The maximum Gasteiger partial charge on any atom is 0.268 e. The quantitative estimate of drug-likeness (QED) is 0.720. The molecule has 0 atom stereocenters. The Morgan fingerprint density at radius 3 is 2.67 bits per heavy atom. The summed E-state index contributed by atoms with van der Waals surface area (Å²) in [5, 5.41) is 4.76. The second kappa shape index (κ2) is 3.92. The van der Waals surface area contributed by atoms with Crippen molar-refractivity contribution in [3.05, 3.63) is 48.5 Å². The van der Waals surface area contributed by atoms with Gasteiger partial charge in [0.1, 0.15) is 12.0 Å². The van der Waals surface area contributed by atoms with Crippen molar-refractivity contribution in [3.8, 4) is 5.69 Å². The van der Waals surface area contributed by atoms with E-state index in [0.717, 1.165) is 5.69 Å². The monoisotopic (exact) mass is 239 g/mol. The van der Waals surface area contributed by atoms with Crippen LogP contribution in [0.4, 0.5) is 0 Å². The lowest BCUT2D eigenvalue weighted by molar-refractivity contribution is 0.0997. The summed E-state index contributed by atoms with van der Waals surface area (Å²) in [6.45, 7) is 0. The normalized spacial score (nSPS) is 10.7. The minimum atomic E-state index is -0.588. The molecule has 0 saturated carbocycles. The first-order valence-corrected chi connectivity index (χ1v) is 5.31. The molecule has 0 radical (unpaired) electrons. The van der Waals surface area contributed by atoms with E-state index in [1.165, 1.54) is 6.33 Å². The Kier molecular flexibility index (Phi) is 2.26. The number of fused-ring (bicyclic) bond motifs is 1. The number of amides is 1. The number of nitrogens with zero attached hydrogens (tertiary/aromatic N) is 4. The van der Waals surface area contributed by atoms with Crippen LogP contribution >= 0.6 is 0 Å². The van der Waals surface area contributed by atoms with Crippen molar-refractivity contribution in [3.63, 3.8) is 0 Å². The first kappa shape index (κ1) is 10.4. The van der Waals surface area contributed by atoms with Crippen LogP contribution < -0.4 is 5.73 Å². The number of rotatable bonds is 2. The molecule has 18 heavy (non-hydrogen) atoms. The van der Waals surface area contributed by atoms with E-state index in [-0.39, 0.29) is 5.69 Å². The molecule has 0 saturated heterocycles. The minimum absolute atomic E-state index is 0.183. The topological polar surface area (TPSA) is 86.7 Å². The van der Waals surface area contributed by atoms with Gasteiger partial charge < -0.3 is 5.73 Å². The van der Waals surface area contributed by atoms with Gasteiger partial charge in [-0.1, -0.05) is 18.2 Å². The molecule has 0 bridgehead atoms. The van der Waals surface area contributed by atoms with E-state index in [4.69, 9.17) is 5.73 Å². The minimum Gasteiger partial charge on any atom is -0.364 e. The molecule has 3 aromatic rings. The van der Waals surface area contributed by atoms with Gasteiger partial charge in [-0.2, -0.15) is 5.10 Å². The van der Waals surface area contributed by atoms with Gasteiger partial charge in [0.25, 0.3) is 5.91 Å². The Balaban J connectivity index is 2.28. The van der Waals surface area contributed by atoms with Crippen LogP contribution in [-0.2, 0) is 0 Å². The summed E-state index contributed by atoms with van der Waals surface area (Å²) in [6.07, 6.45) is 2.85. The predicted molar refractivity (Wildman–Crippen MR) is 65.2 cm³/mol. The molecule has 0 aliphatic heterocycles. The Morgan fingerprint density at radius 2 is 1.94 bits per heavy atom. The lowest BCUT2D eigenvalue weighted by atomic mass is 10.3. The Labute approximate surface area is 102 Å². The molecule has 1 amide bonds. The Hall–Kier alpha value is -2.76. The maximum atomic E-state index is 11.3. The maximum absolute atomic E-state index is 11.3. The molecule has 2 aromatic heterocycles. The van der Waals surface area contributed by atoms with Gasteiger partial charge in [0.15, 0.2) is 5.65 Å². The van der Waals surface area contributed by atoms with E-state index in [0.29, 0.717) is 11.0 Å². The largest absolute Gasteiger partial charge is 0.364 e. The highest BCUT2D eigenvalue weighted by molar-refractivity contribution is 6.02. The third kappa shape index (κ3) is 1.51. The van der Waals surface area contributed by atoms with Gasteiger partial charge in [-0.3, -0.25) is 4.79 Å². The molecule has 0 unspecified atom stereocenters. The number of para-hydroxylation sites is 1. The average Bonchev–Trinajstić information content (AvgIpc) is 2.83. The molecule has 6 heteroatoms.